The van der Waals surface area contributed by atoms with E-state index in [1.54, 1.807) is 31.2 Å². The summed E-state index contributed by atoms with van der Waals surface area (Å²) in [7, 11) is 0. The molecule has 2 heterocycles. The molecule has 2 aliphatic rings. The molecule has 3 rings (SSSR count). The van der Waals surface area contributed by atoms with E-state index in [0.717, 1.165) is 19.7 Å². The lowest BCUT2D eigenvalue weighted by molar-refractivity contribution is -0.128. The number of halogens is 1. The van der Waals surface area contributed by atoms with Crippen molar-refractivity contribution in [3.05, 3.63) is 29.3 Å². The van der Waals surface area contributed by atoms with E-state index in [-0.39, 0.29) is 12.0 Å². The summed E-state index contributed by atoms with van der Waals surface area (Å²) in [5.74, 6) is 0.450. The molecule has 5 nitrogen and oxygen atoms in total. The molecular weight excluding hydrogens is 316 g/mol. The van der Waals surface area contributed by atoms with Gasteiger partial charge in [0.2, 0.25) is 0 Å². The Kier molecular flexibility index (Phi) is 5.41. The highest BCUT2D eigenvalue weighted by Crippen LogP contribution is 2.22. The average Bonchev–Trinajstić information content (AvgIpc) is 3.00. The average molecular weight is 339 g/mol. The zero-order valence-corrected chi connectivity index (χ0v) is 14.1. The SMILES string of the molecule is C[C@H](Oc1cccc(Cl)c1)C(=O)NC[C@@H]1CN2CCC[C@H]2CO1. The predicted molar refractivity (Wildman–Crippen MR) is 88.9 cm³/mol. The predicted octanol–water partition coefficient (Wildman–Crippen LogP) is 2.09. The van der Waals surface area contributed by atoms with Gasteiger partial charge in [-0.1, -0.05) is 17.7 Å². The van der Waals surface area contributed by atoms with Crippen molar-refractivity contribution >= 4 is 17.5 Å². The van der Waals surface area contributed by atoms with Crippen LogP contribution in [0.15, 0.2) is 24.3 Å². The fourth-order valence-corrected chi connectivity index (χ4v) is 3.35. The first-order chi connectivity index (χ1) is 11.1. The monoisotopic (exact) mass is 338 g/mol. The number of nitrogens with one attached hydrogen (secondary N) is 1. The zero-order chi connectivity index (χ0) is 16.2. The molecular formula is C17H23ClN2O3. The molecule has 1 aromatic carbocycles. The topological polar surface area (TPSA) is 50.8 Å². The van der Waals surface area contributed by atoms with Crippen LogP contribution in [0.25, 0.3) is 0 Å². The van der Waals surface area contributed by atoms with E-state index in [9.17, 15) is 4.79 Å². The summed E-state index contributed by atoms with van der Waals surface area (Å²) >= 11 is 5.91. The standard InChI is InChI=1S/C17H23ClN2O3/c1-12(23-15-6-2-4-13(18)8-15)17(21)19-9-16-10-20-7-3-5-14(20)11-22-16/h2,4,6,8,12,14,16H,3,5,7,9-11H2,1H3,(H,19,21)/t12-,14-,16+/m0/s1. The summed E-state index contributed by atoms with van der Waals surface area (Å²) in [5, 5.41) is 3.51. The number of hydrogen-bond acceptors (Lipinski definition) is 4. The summed E-state index contributed by atoms with van der Waals surface area (Å²) in [6, 6.07) is 7.62. The molecule has 2 fully saturated rings. The van der Waals surface area contributed by atoms with Crippen LogP contribution in [-0.2, 0) is 9.53 Å². The van der Waals surface area contributed by atoms with Crippen LogP contribution < -0.4 is 10.1 Å². The van der Waals surface area contributed by atoms with Crippen molar-refractivity contribution in [2.75, 3.05) is 26.2 Å². The Labute approximate surface area is 141 Å². The van der Waals surface area contributed by atoms with Gasteiger partial charge in [-0.15, -0.1) is 0 Å². The van der Waals surface area contributed by atoms with Crippen LogP contribution in [0.4, 0.5) is 0 Å². The number of amides is 1. The molecule has 0 bridgehead atoms. The molecule has 0 aliphatic carbocycles. The van der Waals surface area contributed by atoms with Crippen molar-refractivity contribution in [1.29, 1.82) is 0 Å². The van der Waals surface area contributed by atoms with E-state index in [2.05, 4.69) is 10.2 Å². The van der Waals surface area contributed by atoms with Gasteiger partial charge in [0.15, 0.2) is 6.10 Å². The van der Waals surface area contributed by atoms with Gasteiger partial charge in [0.25, 0.3) is 5.91 Å². The maximum Gasteiger partial charge on any atom is 0.260 e. The minimum absolute atomic E-state index is 0.0617. The minimum atomic E-state index is -0.573. The van der Waals surface area contributed by atoms with Gasteiger partial charge in [0, 0.05) is 24.2 Å². The molecule has 6 heteroatoms. The number of hydrogen-bond donors (Lipinski definition) is 1. The van der Waals surface area contributed by atoms with Crippen LogP contribution in [0.1, 0.15) is 19.8 Å². The summed E-state index contributed by atoms with van der Waals surface area (Å²) in [5.41, 5.74) is 0. The van der Waals surface area contributed by atoms with Crippen molar-refractivity contribution in [2.24, 2.45) is 0 Å². The largest absolute Gasteiger partial charge is 0.481 e. The molecule has 1 N–H and O–H groups in total. The Hall–Kier alpha value is -1.30. The van der Waals surface area contributed by atoms with Gasteiger partial charge < -0.3 is 14.8 Å². The van der Waals surface area contributed by atoms with E-state index < -0.39 is 6.10 Å². The Bertz CT molecular complexity index is 554. The number of morpholine rings is 1. The van der Waals surface area contributed by atoms with E-state index in [1.807, 2.05) is 0 Å². The normalized spacial score (nSPS) is 25.7. The highest BCUT2D eigenvalue weighted by molar-refractivity contribution is 6.30. The van der Waals surface area contributed by atoms with Crippen molar-refractivity contribution in [3.8, 4) is 5.75 Å². The Morgan fingerprint density at radius 1 is 1.57 bits per heavy atom. The summed E-state index contributed by atoms with van der Waals surface area (Å²) in [6.45, 7) is 5.07. The van der Waals surface area contributed by atoms with Crippen LogP contribution in [0.3, 0.4) is 0 Å². The second kappa shape index (κ2) is 7.51. The van der Waals surface area contributed by atoms with E-state index in [0.29, 0.717) is 23.4 Å². The smallest absolute Gasteiger partial charge is 0.260 e. The molecule has 23 heavy (non-hydrogen) atoms. The van der Waals surface area contributed by atoms with Crippen molar-refractivity contribution < 1.29 is 14.3 Å². The second-order valence-electron chi connectivity index (χ2n) is 6.21. The van der Waals surface area contributed by atoms with E-state index in [4.69, 9.17) is 21.1 Å². The van der Waals surface area contributed by atoms with Crippen molar-refractivity contribution in [3.63, 3.8) is 0 Å². The fraction of sp³-hybridized carbons (Fsp3) is 0.588. The second-order valence-corrected chi connectivity index (χ2v) is 6.65. The highest BCUT2D eigenvalue weighted by Gasteiger charge is 2.32. The Morgan fingerprint density at radius 3 is 3.26 bits per heavy atom. The van der Waals surface area contributed by atoms with Gasteiger partial charge in [-0.25, -0.2) is 0 Å². The number of nitrogens with zero attached hydrogens (tertiary/aromatic N) is 1. The summed E-state index contributed by atoms with van der Waals surface area (Å²) in [6.07, 6.45) is 1.96. The first kappa shape index (κ1) is 16.6. The van der Waals surface area contributed by atoms with E-state index in [1.165, 1.54) is 12.8 Å². The number of rotatable bonds is 5. The lowest BCUT2D eigenvalue weighted by atomic mass is 10.2. The van der Waals surface area contributed by atoms with Crippen LogP contribution in [0, 0.1) is 0 Å². The third kappa shape index (κ3) is 4.37. The summed E-state index contributed by atoms with van der Waals surface area (Å²) < 4.78 is 11.5. The third-order valence-corrected chi connectivity index (χ3v) is 4.68. The van der Waals surface area contributed by atoms with Gasteiger partial charge in [-0.2, -0.15) is 0 Å². The van der Waals surface area contributed by atoms with Gasteiger partial charge in [0.1, 0.15) is 5.75 Å². The summed E-state index contributed by atoms with van der Waals surface area (Å²) in [4.78, 5) is 14.6. The Morgan fingerprint density at radius 2 is 2.43 bits per heavy atom. The number of carbonyl (C=O) groups excluding carboxylic acids is 1. The van der Waals surface area contributed by atoms with Crippen molar-refractivity contribution in [1.82, 2.24) is 10.2 Å². The number of benzene rings is 1. The number of fused-ring (bicyclic) bond motifs is 1. The molecule has 1 aromatic rings. The molecule has 2 aliphatic heterocycles. The first-order valence-corrected chi connectivity index (χ1v) is 8.55. The molecule has 0 radical (unpaired) electrons. The molecule has 2 saturated heterocycles. The lowest BCUT2D eigenvalue weighted by Crippen LogP contribution is -2.51. The molecule has 0 saturated carbocycles. The third-order valence-electron chi connectivity index (χ3n) is 4.44. The highest BCUT2D eigenvalue weighted by atomic mass is 35.5. The zero-order valence-electron chi connectivity index (χ0n) is 13.3. The van der Waals surface area contributed by atoms with E-state index >= 15 is 0 Å². The number of carbonyl (C=O) groups is 1. The van der Waals surface area contributed by atoms with Gasteiger partial charge in [-0.3, -0.25) is 9.69 Å². The molecule has 1 amide bonds. The lowest BCUT2D eigenvalue weighted by Gasteiger charge is -2.35. The molecule has 126 valence electrons. The molecule has 0 spiro atoms. The maximum absolute atomic E-state index is 12.2. The van der Waals surface area contributed by atoms with Crippen molar-refractivity contribution in [2.45, 2.75) is 38.0 Å². The quantitative estimate of drug-likeness (QED) is 0.893. The van der Waals surface area contributed by atoms with Gasteiger partial charge >= 0.3 is 0 Å². The number of ether oxygens (including phenoxy) is 2. The minimum Gasteiger partial charge on any atom is -0.481 e. The van der Waals surface area contributed by atoms with Crippen LogP contribution in [-0.4, -0.2) is 55.3 Å². The molecule has 0 unspecified atom stereocenters. The van der Waals surface area contributed by atoms with Gasteiger partial charge in [0.05, 0.1) is 12.7 Å². The van der Waals surface area contributed by atoms with Crippen LogP contribution >= 0.6 is 11.6 Å². The Balaban J connectivity index is 1.43. The molecule has 3 atom stereocenters. The fourth-order valence-electron chi connectivity index (χ4n) is 3.17. The molecule has 0 aromatic heterocycles. The van der Waals surface area contributed by atoms with Gasteiger partial charge in [-0.05, 0) is 44.5 Å². The van der Waals surface area contributed by atoms with Crippen LogP contribution in [0.2, 0.25) is 5.02 Å². The van der Waals surface area contributed by atoms with Crippen LogP contribution in [0.5, 0.6) is 5.75 Å². The maximum atomic E-state index is 12.2. The first-order valence-electron chi connectivity index (χ1n) is 8.17.